The van der Waals surface area contributed by atoms with Crippen molar-refractivity contribution in [1.29, 1.82) is 0 Å². The third-order valence-electron chi connectivity index (χ3n) is 4.74. The highest BCUT2D eigenvalue weighted by molar-refractivity contribution is 5.69. The summed E-state index contributed by atoms with van der Waals surface area (Å²) in [6, 6.07) is 0. The number of carbonyl (C=O) groups excluding carboxylic acids is 1. The van der Waals surface area contributed by atoms with E-state index in [4.69, 9.17) is 4.74 Å². The van der Waals surface area contributed by atoms with Crippen LogP contribution in [-0.2, 0) is 9.53 Å². The van der Waals surface area contributed by atoms with E-state index < -0.39 is 0 Å². The largest absolute Gasteiger partial charge is 0.466 e. The van der Waals surface area contributed by atoms with Gasteiger partial charge in [-0.15, -0.1) is 0 Å². The molecular weight excluding hydrogens is 188 g/mol. The molecule has 0 aromatic carbocycles. The third kappa shape index (κ3) is 1.79. The first-order chi connectivity index (χ1) is 7.05. The average molecular weight is 210 g/mol. The molecular formula is C13H22O2. The summed E-state index contributed by atoms with van der Waals surface area (Å²) in [5, 5.41) is 0. The van der Waals surface area contributed by atoms with E-state index in [1.807, 2.05) is 6.92 Å². The van der Waals surface area contributed by atoms with Crippen LogP contribution in [0.25, 0.3) is 0 Å². The molecule has 3 saturated carbocycles. The zero-order valence-corrected chi connectivity index (χ0v) is 10.1. The molecule has 3 aliphatic carbocycles. The maximum absolute atomic E-state index is 11.5. The summed E-state index contributed by atoms with van der Waals surface area (Å²) in [7, 11) is 0. The van der Waals surface area contributed by atoms with Crippen LogP contribution in [0.5, 0.6) is 0 Å². The number of carbonyl (C=O) groups is 1. The van der Waals surface area contributed by atoms with Gasteiger partial charge in [0.1, 0.15) is 0 Å². The van der Waals surface area contributed by atoms with Crippen molar-refractivity contribution in [2.75, 3.05) is 6.61 Å². The van der Waals surface area contributed by atoms with Gasteiger partial charge >= 0.3 is 5.97 Å². The third-order valence-corrected chi connectivity index (χ3v) is 4.74. The molecule has 2 heteroatoms. The Morgan fingerprint density at radius 3 is 2.67 bits per heavy atom. The second-order valence-electron chi connectivity index (χ2n) is 5.71. The molecule has 0 aromatic heterocycles. The van der Waals surface area contributed by atoms with Crippen LogP contribution < -0.4 is 0 Å². The molecule has 0 amide bonds. The Morgan fingerprint density at radius 2 is 2.13 bits per heavy atom. The summed E-state index contributed by atoms with van der Waals surface area (Å²) in [6.07, 6.45) is 4.54. The predicted molar refractivity (Wildman–Crippen MR) is 59.4 cm³/mol. The van der Waals surface area contributed by atoms with Crippen molar-refractivity contribution in [3.8, 4) is 0 Å². The number of fused-ring (bicyclic) bond motifs is 2. The van der Waals surface area contributed by atoms with E-state index in [0.717, 1.165) is 11.8 Å². The Bertz CT molecular complexity index is 255. The van der Waals surface area contributed by atoms with Crippen LogP contribution in [0, 0.1) is 23.2 Å². The van der Waals surface area contributed by atoms with Gasteiger partial charge in [-0.05, 0) is 49.4 Å². The van der Waals surface area contributed by atoms with Crippen molar-refractivity contribution >= 4 is 5.97 Å². The predicted octanol–water partition coefficient (Wildman–Crippen LogP) is 3.01. The molecule has 86 valence electrons. The van der Waals surface area contributed by atoms with Gasteiger partial charge in [0.2, 0.25) is 0 Å². The first kappa shape index (κ1) is 11.0. The maximum atomic E-state index is 11.5. The standard InChI is InChI=1S/C13H22O2/c1-4-15-12(14)7-9-5-6-10-8-11(9)13(10,2)3/h9-11H,4-8H2,1-3H3/t9?,10-,11-/m0/s1. The van der Waals surface area contributed by atoms with Gasteiger partial charge in [-0.1, -0.05) is 13.8 Å². The van der Waals surface area contributed by atoms with Gasteiger partial charge in [0.15, 0.2) is 0 Å². The van der Waals surface area contributed by atoms with E-state index >= 15 is 0 Å². The number of ether oxygens (including phenoxy) is 1. The van der Waals surface area contributed by atoms with Gasteiger partial charge in [0, 0.05) is 6.42 Å². The molecule has 15 heavy (non-hydrogen) atoms. The zero-order chi connectivity index (χ0) is 11.1. The fourth-order valence-corrected chi connectivity index (χ4v) is 3.64. The monoisotopic (exact) mass is 210 g/mol. The molecule has 2 nitrogen and oxygen atoms in total. The van der Waals surface area contributed by atoms with Crippen LogP contribution in [0.4, 0.5) is 0 Å². The summed E-state index contributed by atoms with van der Waals surface area (Å²) in [6.45, 7) is 7.12. The Kier molecular flexibility index (Phi) is 2.78. The van der Waals surface area contributed by atoms with Crippen molar-refractivity contribution in [2.45, 2.75) is 46.5 Å². The van der Waals surface area contributed by atoms with Gasteiger partial charge in [0.05, 0.1) is 6.61 Å². The van der Waals surface area contributed by atoms with E-state index in [0.29, 0.717) is 24.4 Å². The smallest absolute Gasteiger partial charge is 0.306 e. The second-order valence-corrected chi connectivity index (χ2v) is 5.71. The van der Waals surface area contributed by atoms with Crippen LogP contribution >= 0.6 is 0 Å². The van der Waals surface area contributed by atoms with E-state index in [9.17, 15) is 4.79 Å². The zero-order valence-electron chi connectivity index (χ0n) is 10.1. The lowest BCUT2D eigenvalue weighted by Crippen LogP contribution is -2.52. The first-order valence-electron chi connectivity index (χ1n) is 6.21. The Labute approximate surface area is 92.4 Å². The molecule has 0 saturated heterocycles. The quantitative estimate of drug-likeness (QED) is 0.669. The number of hydrogen-bond acceptors (Lipinski definition) is 2. The molecule has 0 aliphatic heterocycles. The van der Waals surface area contributed by atoms with Gasteiger partial charge in [-0.3, -0.25) is 4.79 Å². The van der Waals surface area contributed by atoms with E-state index in [-0.39, 0.29) is 5.97 Å². The lowest BCUT2D eigenvalue weighted by atomic mass is 9.45. The molecule has 3 atom stereocenters. The molecule has 0 N–H and O–H groups in total. The van der Waals surface area contributed by atoms with Crippen LogP contribution in [0.3, 0.4) is 0 Å². The highest BCUT2D eigenvalue weighted by atomic mass is 16.5. The van der Waals surface area contributed by atoms with Crippen LogP contribution in [0.2, 0.25) is 0 Å². The van der Waals surface area contributed by atoms with Crippen molar-refractivity contribution < 1.29 is 9.53 Å². The molecule has 0 heterocycles. The van der Waals surface area contributed by atoms with Crippen molar-refractivity contribution in [3.05, 3.63) is 0 Å². The highest BCUT2D eigenvalue weighted by Crippen LogP contribution is 2.61. The minimum absolute atomic E-state index is 0.00338. The number of esters is 1. The van der Waals surface area contributed by atoms with E-state index in [1.165, 1.54) is 19.3 Å². The average Bonchev–Trinajstić information content (AvgIpc) is 2.17. The van der Waals surface area contributed by atoms with Crippen LogP contribution in [-0.4, -0.2) is 12.6 Å². The summed E-state index contributed by atoms with van der Waals surface area (Å²) < 4.78 is 5.04. The lowest BCUT2D eigenvalue weighted by molar-refractivity contribution is -0.152. The van der Waals surface area contributed by atoms with Gasteiger partial charge in [0.25, 0.3) is 0 Å². The Balaban J connectivity index is 1.91. The summed E-state index contributed by atoms with van der Waals surface area (Å²) in [5.74, 6) is 2.27. The number of hydrogen-bond donors (Lipinski definition) is 0. The fourth-order valence-electron chi connectivity index (χ4n) is 3.64. The van der Waals surface area contributed by atoms with E-state index in [2.05, 4.69) is 13.8 Å². The minimum atomic E-state index is 0.00338. The summed E-state index contributed by atoms with van der Waals surface area (Å²) >= 11 is 0. The van der Waals surface area contributed by atoms with Crippen LogP contribution in [0.15, 0.2) is 0 Å². The molecule has 3 aliphatic rings. The fraction of sp³-hybridized carbons (Fsp3) is 0.923. The Morgan fingerprint density at radius 1 is 1.40 bits per heavy atom. The molecule has 3 rings (SSSR count). The normalized spacial score (nSPS) is 36.9. The lowest BCUT2D eigenvalue weighted by Gasteiger charge is -2.60. The topological polar surface area (TPSA) is 26.3 Å². The van der Waals surface area contributed by atoms with Crippen molar-refractivity contribution in [3.63, 3.8) is 0 Å². The highest BCUT2D eigenvalue weighted by Gasteiger charge is 2.54. The molecule has 3 fully saturated rings. The summed E-state index contributed by atoms with van der Waals surface area (Å²) in [4.78, 5) is 11.5. The van der Waals surface area contributed by atoms with Crippen molar-refractivity contribution in [2.24, 2.45) is 23.2 Å². The second kappa shape index (κ2) is 3.80. The molecule has 0 aromatic rings. The molecule has 1 unspecified atom stereocenters. The molecule has 0 radical (unpaired) electrons. The van der Waals surface area contributed by atoms with E-state index in [1.54, 1.807) is 0 Å². The number of rotatable bonds is 3. The molecule has 2 bridgehead atoms. The Hall–Kier alpha value is -0.530. The minimum Gasteiger partial charge on any atom is -0.466 e. The van der Waals surface area contributed by atoms with Gasteiger partial charge in [-0.25, -0.2) is 0 Å². The van der Waals surface area contributed by atoms with Gasteiger partial charge in [-0.2, -0.15) is 0 Å². The van der Waals surface area contributed by atoms with Crippen molar-refractivity contribution in [1.82, 2.24) is 0 Å². The van der Waals surface area contributed by atoms with Gasteiger partial charge < -0.3 is 4.74 Å². The SMILES string of the molecule is CCOC(=O)CC1CC[C@H]2C[C@@H]1C2(C)C. The summed E-state index contributed by atoms with van der Waals surface area (Å²) in [5.41, 5.74) is 0.482. The maximum Gasteiger partial charge on any atom is 0.306 e. The first-order valence-corrected chi connectivity index (χ1v) is 6.21. The van der Waals surface area contributed by atoms with Crippen LogP contribution in [0.1, 0.15) is 46.5 Å². The molecule has 0 spiro atoms.